The van der Waals surface area contributed by atoms with Crippen molar-refractivity contribution in [3.63, 3.8) is 0 Å². The first kappa shape index (κ1) is 94.6. The van der Waals surface area contributed by atoms with Crippen molar-refractivity contribution >= 4 is 23.9 Å². The first-order chi connectivity index (χ1) is 40.1. The maximum absolute atomic E-state index is 13.8. The van der Waals surface area contributed by atoms with Gasteiger partial charge in [-0.15, -0.1) is 13.2 Å². The summed E-state index contributed by atoms with van der Waals surface area (Å²) in [5, 5.41) is 0. The Balaban J connectivity index is -0.000000330. The second-order valence-corrected chi connectivity index (χ2v) is 26.5. The highest BCUT2D eigenvalue weighted by molar-refractivity contribution is 5.79. The summed E-state index contributed by atoms with van der Waals surface area (Å²) < 4.78 is 224. The molecule has 90 heavy (non-hydrogen) atoms. The van der Waals surface area contributed by atoms with Gasteiger partial charge >= 0.3 is 60.5 Å². The molecule has 0 saturated heterocycles. The summed E-state index contributed by atoms with van der Waals surface area (Å²) in [6.45, 7) is 42.7. The largest absolute Gasteiger partial charge is 0.522 e. The molecule has 0 saturated carbocycles. The van der Waals surface area contributed by atoms with Crippen LogP contribution in [0, 0.1) is 51.2 Å². The van der Waals surface area contributed by atoms with Crippen LogP contribution in [0.3, 0.4) is 0 Å². The molecule has 0 radical (unpaired) electrons. The van der Waals surface area contributed by atoms with Crippen molar-refractivity contribution in [2.75, 3.05) is 6.61 Å². The molecule has 25 heteroatoms. The summed E-state index contributed by atoms with van der Waals surface area (Å²) in [7, 11) is 0. The molecule has 536 valence electrons. The van der Waals surface area contributed by atoms with Gasteiger partial charge in [-0.05, 0) is 135 Å². The monoisotopic (exact) mass is 1340 g/mol. The molecule has 0 heterocycles. The highest BCUT2D eigenvalue weighted by Gasteiger charge is 2.75. The Labute approximate surface area is 527 Å². The van der Waals surface area contributed by atoms with E-state index in [0.29, 0.717) is 42.2 Å². The lowest BCUT2D eigenvalue weighted by molar-refractivity contribution is -0.379. The molecule has 4 atom stereocenters. The van der Waals surface area contributed by atoms with E-state index in [0.717, 1.165) is 37.8 Å². The van der Waals surface area contributed by atoms with Crippen molar-refractivity contribution in [3.05, 3.63) is 35.9 Å². The van der Waals surface area contributed by atoms with Gasteiger partial charge < -0.3 is 18.9 Å². The molecule has 0 aliphatic carbocycles. The van der Waals surface area contributed by atoms with Gasteiger partial charge in [0.15, 0.2) is 12.0 Å². The van der Waals surface area contributed by atoms with E-state index in [1.54, 1.807) is 34.6 Å². The maximum atomic E-state index is 13.8. The standard InChI is InChI=1S/C15H16F6O2.C14H27FO2.C13H23F3O2.C10H22.C8H13F3O2.C5H9F3O/c1-4-12(2,3)11(22)23-13(14(16,17)18,15(19,20)21)10-8-6-5-7-9-10;1-7-14(6,15)13(16)17-12(8-10(2)3)9-11(4)5;1-7-12(6,13(14,15)16)11(17)18-10(8(2)3)9(4)5;1-6-9(3)8-10(4,5)7-2;1-4-7(2,3)6(12)13-5-8(9,10)11;1-3-4(2)9-5(6,7)8/h5-9H,4H2,1-3H3;10-12H,7-9H2,1-6H3;8-10H,7H2,1-6H3;9H,6-8H2,1-5H3;4-5H2,1-3H3;4H,3H2,1-2H3. The fourth-order valence-corrected chi connectivity index (χ4v) is 7.21. The van der Waals surface area contributed by atoms with Crippen LogP contribution >= 0.6 is 0 Å². The van der Waals surface area contributed by atoms with Crippen molar-refractivity contribution in [2.24, 2.45) is 51.2 Å². The molecule has 1 aromatic carbocycles. The number of ether oxygens (including phenoxy) is 5. The summed E-state index contributed by atoms with van der Waals surface area (Å²) in [6.07, 6.45) is -20.4. The Morgan fingerprint density at radius 1 is 0.467 bits per heavy atom. The molecule has 0 fully saturated rings. The first-order valence-electron chi connectivity index (χ1n) is 30.7. The normalized spacial score (nSPS) is 14.8. The SMILES string of the molecule is CCC(C)(C(=O)OC(C(C)C)C(C)C)C(F)(F)F.CCC(C)(C)C(=O)OC(c1ccccc1)(C(F)(F)F)C(F)(F)F.CCC(C)(C)C(=O)OCC(F)(F)F.CCC(C)(F)C(=O)OC(CC(C)C)CC(C)C.CCC(C)CC(C)(C)CC.CCC(C)OC(F)(F)F. The van der Waals surface area contributed by atoms with E-state index in [1.807, 2.05) is 27.7 Å². The number of halogens is 16. The number of rotatable bonds is 25. The molecule has 1 aromatic rings. The van der Waals surface area contributed by atoms with E-state index in [-0.39, 0.29) is 37.2 Å². The fourth-order valence-electron chi connectivity index (χ4n) is 7.21. The Kier molecular flexibility index (Phi) is 42.3. The van der Waals surface area contributed by atoms with Crippen LogP contribution in [-0.4, -0.2) is 85.5 Å². The summed E-state index contributed by atoms with van der Waals surface area (Å²) in [6, 6.07) is 4.56. The van der Waals surface area contributed by atoms with Crippen LogP contribution in [-0.2, 0) is 48.5 Å². The molecule has 4 unspecified atom stereocenters. The lowest BCUT2D eigenvalue weighted by atomic mass is 9.80. The number of hydrogen-bond acceptors (Lipinski definition) is 9. The van der Waals surface area contributed by atoms with E-state index in [1.165, 1.54) is 66.9 Å². The third kappa shape index (κ3) is 37.0. The minimum absolute atomic E-state index is 0.0108. The van der Waals surface area contributed by atoms with Crippen LogP contribution < -0.4 is 0 Å². The van der Waals surface area contributed by atoms with Crippen molar-refractivity contribution in [3.8, 4) is 0 Å². The number of hydrogen-bond donors (Lipinski definition) is 0. The molecule has 9 nitrogen and oxygen atoms in total. The molecular weight excluding hydrogens is 1230 g/mol. The van der Waals surface area contributed by atoms with E-state index in [2.05, 4.69) is 76.5 Å². The number of benzene rings is 1. The molecule has 0 aliphatic heterocycles. The Morgan fingerprint density at radius 3 is 1.16 bits per heavy atom. The van der Waals surface area contributed by atoms with E-state index >= 15 is 0 Å². The van der Waals surface area contributed by atoms with Gasteiger partial charge in [-0.1, -0.05) is 168 Å². The third-order valence-electron chi connectivity index (χ3n) is 15.1. The Morgan fingerprint density at radius 2 is 0.878 bits per heavy atom. The predicted octanol–water partition coefficient (Wildman–Crippen LogP) is 22.0. The number of carbonyl (C=O) groups is 4. The van der Waals surface area contributed by atoms with Gasteiger partial charge in [0.1, 0.15) is 12.2 Å². The molecular formula is C65H110F16O9. The second kappa shape index (κ2) is 40.2. The number of carbonyl (C=O) groups excluding carboxylic acids is 4. The highest BCUT2D eigenvalue weighted by Crippen LogP contribution is 2.54. The third-order valence-corrected chi connectivity index (χ3v) is 15.1. The topological polar surface area (TPSA) is 114 Å². The van der Waals surface area contributed by atoms with Crippen molar-refractivity contribution in [1.82, 2.24) is 0 Å². The molecule has 1 rings (SSSR count). The summed E-state index contributed by atoms with van der Waals surface area (Å²) in [4.78, 5) is 46.5. The smallest absolute Gasteiger partial charge is 0.461 e. The Bertz CT molecular complexity index is 2100. The van der Waals surface area contributed by atoms with Crippen LogP contribution in [0.2, 0.25) is 0 Å². The van der Waals surface area contributed by atoms with Crippen molar-refractivity contribution < 1.29 is 113 Å². The van der Waals surface area contributed by atoms with Gasteiger partial charge in [-0.2, -0.15) is 52.7 Å². The molecule has 0 aromatic heterocycles. The van der Waals surface area contributed by atoms with Crippen LogP contribution in [0.25, 0.3) is 0 Å². The van der Waals surface area contributed by atoms with Gasteiger partial charge in [-0.3, -0.25) is 19.1 Å². The van der Waals surface area contributed by atoms with Gasteiger partial charge in [0, 0.05) is 5.56 Å². The average Bonchev–Trinajstić information content (AvgIpc) is 0.740. The van der Waals surface area contributed by atoms with Crippen LogP contribution in [0.15, 0.2) is 30.3 Å². The molecule has 0 N–H and O–H groups in total. The zero-order valence-corrected chi connectivity index (χ0v) is 58.0. The lowest BCUT2D eigenvalue weighted by Crippen LogP contribution is -2.58. The molecule has 0 aliphatic rings. The summed E-state index contributed by atoms with van der Waals surface area (Å²) >= 11 is 0. The average molecular weight is 1340 g/mol. The van der Waals surface area contributed by atoms with Gasteiger partial charge in [0.05, 0.1) is 16.9 Å². The lowest BCUT2D eigenvalue weighted by Gasteiger charge is -2.38. The van der Waals surface area contributed by atoms with E-state index < -0.39 is 107 Å². The predicted molar refractivity (Wildman–Crippen MR) is 319 cm³/mol. The number of esters is 4. The second-order valence-electron chi connectivity index (χ2n) is 26.5. The van der Waals surface area contributed by atoms with Gasteiger partial charge in [-0.25, -0.2) is 9.18 Å². The fraction of sp³-hybridized carbons (Fsp3) is 0.846. The highest BCUT2D eigenvalue weighted by atomic mass is 19.4. The van der Waals surface area contributed by atoms with Gasteiger partial charge in [0.25, 0.3) is 0 Å². The van der Waals surface area contributed by atoms with E-state index in [4.69, 9.17) is 9.47 Å². The van der Waals surface area contributed by atoms with Crippen molar-refractivity contribution in [1.29, 1.82) is 0 Å². The molecule has 0 spiro atoms. The molecule has 0 bridgehead atoms. The first-order valence-corrected chi connectivity index (χ1v) is 30.7. The summed E-state index contributed by atoms with van der Waals surface area (Å²) in [5.41, 5.74) is -11.9. The number of alkyl halides is 16. The van der Waals surface area contributed by atoms with Gasteiger partial charge in [0.2, 0.25) is 5.67 Å². The van der Waals surface area contributed by atoms with E-state index in [9.17, 15) is 89.4 Å². The zero-order chi connectivity index (χ0) is 72.9. The minimum atomic E-state index is -5.87. The van der Waals surface area contributed by atoms with Crippen molar-refractivity contribution in [2.45, 2.75) is 298 Å². The maximum Gasteiger partial charge on any atom is 0.522 e. The van der Waals surface area contributed by atoms with Crippen LogP contribution in [0.1, 0.15) is 243 Å². The molecule has 0 amide bonds. The zero-order valence-electron chi connectivity index (χ0n) is 58.0. The van der Waals surface area contributed by atoms with Crippen LogP contribution in [0.5, 0.6) is 0 Å². The quantitative estimate of drug-likeness (QED) is 0.0536. The summed E-state index contributed by atoms with van der Waals surface area (Å²) in [5.74, 6) is -2.51. The minimum Gasteiger partial charge on any atom is -0.461 e. The van der Waals surface area contributed by atoms with Crippen LogP contribution in [0.4, 0.5) is 70.2 Å². The Hall–Kier alpha value is -4.06.